The molecule has 0 spiro atoms. The summed E-state index contributed by atoms with van der Waals surface area (Å²) in [6.07, 6.45) is 1.30. The Balaban J connectivity index is 2.24. The zero-order valence-electron chi connectivity index (χ0n) is 10.4. The minimum atomic E-state index is 0.679. The van der Waals surface area contributed by atoms with E-state index in [-0.39, 0.29) is 0 Å². The van der Waals surface area contributed by atoms with Crippen LogP contribution in [0.25, 0.3) is 0 Å². The van der Waals surface area contributed by atoms with Gasteiger partial charge in [0.25, 0.3) is 0 Å². The highest BCUT2D eigenvalue weighted by Crippen LogP contribution is 2.17. The lowest BCUT2D eigenvalue weighted by atomic mass is 10.1. The molecule has 4 heteroatoms. The highest BCUT2D eigenvalue weighted by molar-refractivity contribution is 5.79. The third-order valence-corrected chi connectivity index (χ3v) is 3.07. The van der Waals surface area contributed by atoms with Gasteiger partial charge in [-0.05, 0) is 32.7 Å². The molecule has 0 radical (unpaired) electrons. The Morgan fingerprint density at radius 1 is 1.53 bits per heavy atom. The molecule has 1 atom stereocenters. The van der Waals surface area contributed by atoms with Crippen LogP contribution in [0.3, 0.4) is 0 Å². The van der Waals surface area contributed by atoms with Gasteiger partial charge in [0.15, 0.2) is 5.96 Å². The fraction of sp³-hybridized carbons (Fsp3) is 0.909. The summed E-state index contributed by atoms with van der Waals surface area (Å²) in [5, 5.41) is 6.37. The van der Waals surface area contributed by atoms with Gasteiger partial charge < -0.3 is 15.5 Å². The molecule has 0 saturated carbocycles. The van der Waals surface area contributed by atoms with Gasteiger partial charge in [0.05, 0.1) is 0 Å². The number of rotatable bonds is 3. The highest BCUT2D eigenvalue weighted by atomic mass is 15.2. The predicted octanol–water partition coefficient (Wildman–Crippen LogP) is 0.512. The number of nitrogens with one attached hydrogen (secondary N) is 2. The minimum absolute atomic E-state index is 0.679. The SMILES string of the molecule is CN=C(NC)NCC1CCN(C(C)C)C1. The Kier molecular flexibility index (Phi) is 4.88. The van der Waals surface area contributed by atoms with E-state index in [1.165, 1.54) is 19.5 Å². The zero-order chi connectivity index (χ0) is 11.3. The quantitative estimate of drug-likeness (QED) is 0.529. The number of aliphatic imine (C=N–C) groups is 1. The molecule has 0 aromatic rings. The largest absolute Gasteiger partial charge is 0.359 e. The van der Waals surface area contributed by atoms with E-state index in [0.717, 1.165) is 18.4 Å². The maximum atomic E-state index is 4.10. The summed E-state index contributed by atoms with van der Waals surface area (Å²) in [5.74, 6) is 1.65. The lowest BCUT2D eigenvalue weighted by molar-refractivity contribution is 0.265. The zero-order valence-corrected chi connectivity index (χ0v) is 10.4. The average molecular weight is 212 g/mol. The maximum Gasteiger partial charge on any atom is 0.190 e. The third-order valence-electron chi connectivity index (χ3n) is 3.07. The fourth-order valence-electron chi connectivity index (χ4n) is 2.02. The Labute approximate surface area is 93.1 Å². The van der Waals surface area contributed by atoms with E-state index in [1.807, 2.05) is 7.05 Å². The Bertz CT molecular complexity index is 213. The van der Waals surface area contributed by atoms with Crippen LogP contribution in [-0.2, 0) is 0 Å². The minimum Gasteiger partial charge on any atom is -0.359 e. The number of guanidine groups is 1. The van der Waals surface area contributed by atoms with Crippen molar-refractivity contribution in [3.05, 3.63) is 0 Å². The van der Waals surface area contributed by atoms with Crippen LogP contribution in [0.2, 0.25) is 0 Å². The molecule has 1 unspecified atom stereocenters. The van der Waals surface area contributed by atoms with Crippen LogP contribution in [-0.4, -0.2) is 50.6 Å². The molecule has 1 aliphatic heterocycles. The lowest BCUT2D eigenvalue weighted by Crippen LogP contribution is -2.38. The summed E-state index contributed by atoms with van der Waals surface area (Å²) in [5.41, 5.74) is 0. The van der Waals surface area contributed by atoms with E-state index in [1.54, 1.807) is 7.05 Å². The van der Waals surface area contributed by atoms with Crippen LogP contribution in [0.1, 0.15) is 20.3 Å². The normalized spacial score (nSPS) is 23.5. The Morgan fingerprint density at radius 2 is 2.27 bits per heavy atom. The molecule has 88 valence electrons. The lowest BCUT2D eigenvalue weighted by Gasteiger charge is -2.20. The highest BCUT2D eigenvalue weighted by Gasteiger charge is 2.23. The molecule has 1 aliphatic rings. The van der Waals surface area contributed by atoms with Gasteiger partial charge in [0, 0.05) is 33.2 Å². The summed E-state index contributed by atoms with van der Waals surface area (Å²) < 4.78 is 0. The van der Waals surface area contributed by atoms with Crippen LogP contribution in [0, 0.1) is 5.92 Å². The van der Waals surface area contributed by atoms with Gasteiger partial charge in [-0.25, -0.2) is 0 Å². The molecular formula is C11H24N4. The number of nitrogens with zero attached hydrogens (tertiary/aromatic N) is 2. The molecule has 1 rings (SSSR count). The first-order valence-electron chi connectivity index (χ1n) is 5.79. The van der Waals surface area contributed by atoms with E-state index >= 15 is 0 Å². The molecule has 0 aromatic heterocycles. The van der Waals surface area contributed by atoms with Gasteiger partial charge in [-0.1, -0.05) is 0 Å². The predicted molar refractivity (Wildman–Crippen MR) is 65.2 cm³/mol. The maximum absolute atomic E-state index is 4.10. The van der Waals surface area contributed by atoms with Crippen molar-refractivity contribution in [3.8, 4) is 0 Å². The molecule has 4 nitrogen and oxygen atoms in total. The molecular weight excluding hydrogens is 188 g/mol. The molecule has 0 aromatic carbocycles. The summed E-state index contributed by atoms with van der Waals surface area (Å²) in [6.45, 7) is 8.01. The molecule has 0 aliphatic carbocycles. The Hall–Kier alpha value is -0.770. The summed E-state index contributed by atoms with van der Waals surface area (Å²) in [7, 11) is 3.69. The van der Waals surface area contributed by atoms with Gasteiger partial charge >= 0.3 is 0 Å². The first-order valence-corrected chi connectivity index (χ1v) is 5.79. The van der Waals surface area contributed by atoms with Gasteiger partial charge in [0.2, 0.25) is 0 Å². The first kappa shape index (κ1) is 12.3. The fourth-order valence-corrected chi connectivity index (χ4v) is 2.02. The van der Waals surface area contributed by atoms with E-state index in [2.05, 4.69) is 34.4 Å². The molecule has 1 saturated heterocycles. The summed E-state index contributed by atoms with van der Waals surface area (Å²) in [6, 6.07) is 0.679. The van der Waals surface area contributed by atoms with Crippen LogP contribution < -0.4 is 10.6 Å². The third kappa shape index (κ3) is 3.70. The van der Waals surface area contributed by atoms with Crippen LogP contribution in [0.15, 0.2) is 4.99 Å². The van der Waals surface area contributed by atoms with Crippen LogP contribution in [0.5, 0.6) is 0 Å². The average Bonchev–Trinajstić information content (AvgIpc) is 2.68. The molecule has 15 heavy (non-hydrogen) atoms. The second-order valence-corrected chi connectivity index (χ2v) is 4.45. The second kappa shape index (κ2) is 5.95. The summed E-state index contributed by atoms with van der Waals surface area (Å²) >= 11 is 0. The van der Waals surface area contributed by atoms with Gasteiger partial charge in [-0.3, -0.25) is 4.99 Å². The van der Waals surface area contributed by atoms with E-state index in [9.17, 15) is 0 Å². The molecule has 0 bridgehead atoms. The van der Waals surface area contributed by atoms with Crippen molar-refractivity contribution >= 4 is 5.96 Å². The van der Waals surface area contributed by atoms with Gasteiger partial charge in [0.1, 0.15) is 0 Å². The van der Waals surface area contributed by atoms with E-state index in [4.69, 9.17) is 0 Å². The first-order chi connectivity index (χ1) is 7.17. The van der Waals surface area contributed by atoms with Crippen LogP contribution in [0.4, 0.5) is 0 Å². The molecule has 2 N–H and O–H groups in total. The van der Waals surface area contributed by atoms with E-state index < -0.39 is 0 Å². The van der Waals surface area contributed by atoms with Crippen molar-refractivity contribution in [3.63, 3.8) is 0 Å². The van der Waals surface area contributed by atoms with Crippen molar-refractivity contribution in [2.75, 3.05) is 33.7 Å². The van der Waals surface area contributed by atoms with E-state index in [0.29, 0.717) is 6.04 Å². The van der Waals surface area contributed by atoms with Crippen LogP contribution >= 0.6 is 0 Å². The Morgan fingerprint density at radius 3 is 2.73 bits per heavy atom. The molecule has 1 fully saturated rings. The number of hydrogen-bond acceptors (Lipinski definition) is 2. The second-order valence-electron chi connectivity index (χ2n) is 4.45. The van der Waals surface area contributed by atoms with Crippen molar-refractivity contribution in [2.24, 2.45) is 10.9 Å². The van der Waals surface area contributed by atoms with Crippen molar-refractivity contribution < 1.29 is 0 Å². The van der Waals surface area contributed by atoms with Crippen molar-refractivity contribution in [2.45, 2.75) is 26.3 Å². The van der Waals surface area contributed by atoms with Gasteiger partial charge in [-0.2, -0.15) is 0 Å². The smallest absolute Gasteiger partial charge is 0.190 e. The number of hydrogen-bond donors (Lipinski definition) is 2. The number of likely N-dealkylation sites (tertiary alicyclic amines) is 1. The van der Waals surface area contributed by atoms with Gasteiger partial charge in [-0.15, -0.1) is 0 Å². The monoisotopic (exact) mass is 212 g/mol. The van der Waals surface area contributed by atoms with Crippen molar-refractivity contribution in [1.29, 1.82) is 0 Å². The standard InChI is InChI=1S/C11H24N4/c1-9(2)15-6-5-10(8-15)7-14-11(12-3)13-4/h9-10H,5-8H2,1-4H3,(H2,12,13,14). The molecule has 1 heterocycles. The van der Waals surface area contributed by atoms with Crippen molar-refractivity contribution in [1.82, 2.24) is 15.5 Å². The topological polar surface area (TPSA) is 39.7 Å². The molecule has 0 amide bonds. The summed E-state index contributed by atoms with van der Waals surface area (Å²) in [4.78, 5) is 6.64.